The Bertz CT molecular complexity index is 1290. The van der Waals surface area contributed by atoms with Crippen molar-refractivity contribution in [2.45, 2.75) is 4.05 Å². The number of amidine groups is 1. The van der Waals surface area contributed by atoms with Crippen molar-refractivity contribution < 1.29 is 4.79 Å². The summed E-state index contributed by atoms with van der Waals surface area (Å²) in [6.45, 7) is 0. The van der Waals surface area contributed by atoms with Crippen LogP contribution in [-0.4, -0.2) is 26.9 Å². The lowest BCUT2D eigenvalue weighted by Crippen LogP contribution is -2.48. The predicted octanol–water partition coefficient (Wildman–Crippen LogP) is 5.90. The Morgan fingerprint density at radius 2 is 1.59 bits per heavy atom. The number of amides is 1. The van der Waals surface area contributed by atoms with Crippen LogP contribution in [0.15, 0.2) is 89.9 Å². The predicted molar refractivity (Wildman–Crippen MR) is 134 cm³/mol. The highest BCUT2D eigenvalue weighted by Gasteiger charge is 2.34. The Kier molecular flexibility index (Phi) is 5.67. The van der Waals surface area contributed by atoms with Gasteiger partial charge in [-0.15, -0.1) is 0 Å². The van der Waals surface area contributed by atoms with Crippen molar-refractivity contribution in [3.63, 3.8) is 0 Å². The first-order chi connectivity index (χ1) is 15.6. The molecular formula is C24H17ClIN5O. The van der Waals surface area contributed by atoms with E-state index in [0.29, 0.717) is 16.4 Å². The molecule has 0 radical (unpaired) electrons. The number of hydrazine groups is 1. The highest BCUT2D eigenvalue weighted by molar-refractivity contribution is 14.1. The van der Waals surface area contributed by atoms with Gasteiger partial charge in [-0.05, 0) is 46.9 Å². The number of nitrogens with zero attached hydrogens (tertiary/aromatic N) is 3. The van der Waals surface area contributed by atoms with Crippen LogP contribution in [0.2, 0.25) is 5.02 Å². The van der Waals surface area contributed by atoms with Crippen LogP contribution < -0.4 is 5.43 Å². The van der Waals surface area contributed by atoms with Crippen molar-refractivity contribution in [2.24, 2.45) is 4.99 Å². The molecule has 1 amide bonds. The number of halogens is 2. The van der Waals surface area contributed by atoms with Crippen LogP contribution in [0.4, 0.5) is 5.69 Å². The summed E-state index contributed by atoms with van der Waals surface area (Å²) < 4.78 is -0.253. The molecule has 6 nitrogen and oxygen atoms in total. The Morgan fingerprint density at radius 3 is 2.28 bits per heavy atom. The molecule has 1 atom stereocenters. The second-order valence-corrected chi connectivity index (χ2v) is 8.77. The van der Waals surface area contributed by atoms with E-state index >= 15 is 0 Å². The topological polar surface area (TPSA) is 73.4 Å². The Balaban J connectivity index is 1.59. The SMILES string of the molecule is O=C(NN1C(c2ccccc2)=Nc2c(-c3ccc(Cl)cc3)n[nH]c2C1I)c1ccccc1. The molecule has 5 rings (SSSR count). The van der Waals surface area contributed by atoms with Gasteiger partial charge in [-0.3, -0.25) is 15.3 Å². The number of H-pyrrole nitrogens is 1. The molecule has 4 aromatic rings. The van der Waals surface area contributed by atoms with Gasteiger partial charge in [-0.2, -0.15) is 5.10 Å². The van der Waals surface area contributed by atoms with E-state index in [2.05, 4.69) is 38.2 Å². The molecule has 32 heavy (non-hydrogen) atoms. The van der Waals surface area contributed by atoms with Crippen molar-refractivity contribution in [3.05, 3.63) is 107 Å². The lowest BCUT2D eigenvalue weighted by Gasteiger charge is -2.33. The molecule has 1 aliphatic heterocycles. The maximum absolute atomic E-state index is 13.0. The van der Waals surface area contributed by atoms with E-state index in [1.54, 1.807) is 17.1 Å². The maximum Gasteiger partial charge on any atom is 0.269 e. The molecule has 0 spiro atoms. The summed E-state index contributed by atoms with van der Waals surface area (Å²) in [5.74, 6) is 0.426. The Hall–Kier alpha value is -3.17. The summed E-state index contributed by atoms with van der Waals surface area (Å²) in [7, 11) is 0. The van der Waals surface area contributed by atoms with E-state index in [0.717, 1.165) is 28.2 Å². The average Bonchev–Trinajstić information content (AvgIpc) is 3.26. The molecule has 8 heteroatoms. The number of aromatic nitrogens is 2. The summed E-state index contributed by atoms with van der Waals surface area (Å²) >= 11 is 8.34. The number of hydrogen-bond acceptors (Lipinski definition) is 4. The van der Waals surface area contributed by atoms with Crippen LogP contribution in [-0.2, 0) is 0 Å². The van der Waals surface area contributed by atoms with Crippen molar-refractivity contribution >= 4 is 51.6 Å². The van der Waals surface area contributed by atoms with Gasteiger partial charge in [0.25, 0.3) is 5.91 Å². The van der Waals surface area contributed by atoms with E-state index < -0.39 is 0 Å². The largest absolute Gasteiger partial charge is 0.277 e. The summed E-state index contributed by atoms with van der Waals surface area (Å²) in [6.07, 6.45) is 0. The van der Waals surface area contributed by atoms with Crippen LogP contribution in [0, 0.1) is 0 Å². The zero-order valence-electron chi connectivity index (χ0n) is 16.7. The van der Waals surface area contributed by atoms with Gasteiger partial charge in [0.1, 0.15) is 15.4 Å². The fourth-order valence-electron chi connectivity index (χ4n) is 3.50. The lowest BCUT2D eigenvalue weighted by atomic mass is 10.1. The number of hydrogen-bond donors (Lipinski definition) is 2. The van der Waals surface area contributed by atoms with Crippen molar-refractivity contribution in [1.82, 2.24) is 20.6 Å². The number of alkyl halides is 1. The molecule has 2 N–H and O–H groups in total. The van der Waals surface area contributed by atoms with Crippen LogP contribution in [0.5, 0.6) is 0 Å². The molecule has 0 fully saturated rings. The third-order valence-corrected chi connectivity index (χ3v) is 6.52. The third-order valence-electron chi connectivity index (χ3n) is 5.09. The monoisotopic (exact) mass is 553 g/mol. The zero-order chi connectivity index (χ0) is 22.1. The normalized spacial score (nSPS) is 15.1. The van der Waals surface area contributed by atoms with Crippen molar-refractivity contribution in [3.8, 4) is 11.3 Å². The van der Waals surface area contributed by atoms with Gasteiger partial charge in [0, 0.05) is 21.7 Å². The number of aromatic amines is 1. The lowest BCUT2D eigenvalue weighted by molar-refractivity contribution is 0.0864. The van der Waals surface area contributed by atoms with E-state index in [4.69, 9.17) is 16.6 Å². The van der Waals surface area contributed by atoms with Gasteiger partial charge in [0.15, 0.2) is 5.84 Å². The minimum atomic E-state index is -0.253. The van der Waals surface area contributed by atoms with Crippen LogP contribution in [0.25, 0.3) is 11.3 Å². The average molecular weight is 554 g/mol. The van der Waals surface area contributed by atoms with E-state index in [9.17, 15) is 4.79 Å². The molecule has 0 bridgehead atoms. The minimum Gasteiger partial charge on any atom is -0.277 e. The van der Waals surface area contributed by atoms with Gasteiger partial charge < -0.3 is 0 Å². The van der Waals surface area contributed by atoms with Crippen molar-refractivity contribution in [1.29, 1.82) is 0 Å². The minimum absolute atomic E-state index is 0.211. The highest BCUT2D eigenvalue weighted by atomic mass is 127. The first-order valence-electron chi connectivity index (χ1n) is 9.89. The fourth-order valence-corrected chi connectivity index (χ4v) is 4.46. The van der Waals surface area contributed by atoms with Gasteiger partial charge in [0.05, 0.1) is 5.69 Å². The summed E-state index contributed by atoms with van der Waals surface area (Å²) in [5, 5.41) is 10.1. The first kappa shape index (κ1) is 20.7. The van der Waals surface area contributed by atoms with Crippen LogP contribution >= 0.6 is 34.2 Å². The molecule has 1 aliphatic rings. The number of carbonyl (C=O) groups excluding carboxylic acids is 1. The zero-order valence-corrected chi connectivity index (χ0v) is 19.6. The molecule has 3 aromatic carbocycles. The first-order valence-corrected chi connectivity index (χ1v) is 11.5. The van der Waals surface area contributed by atoms with Gasteiger partial charge in [-0.1, -0.05) is 72.3 Å². The molecule has 0 aliphatic carbocycles. The second-order valence-electron chi connectivity index (χ2n) is 7.16. The number of carbonyl (C=O) groups is 1. The third kappa shape index (κ3) is 3.89. The van der Waals surface area contributed by atoms with E-state index in [-0.39, 0.29) is 9.96 Å². The smallest absolute Gasteiger partial charge is 0.269 e. The highest BCUT2D eigenvalue weighted by Crippen LogP contribution is 2.43. The Morgan fingerprint density at radius 1 is 0.938 bits per heavy atom. The Labute approximate surface area is 203 Å². The summed E-state index contributed by atoms with van der Waals surface area (Å²) in [6, 6.07) is 26.4. The fraction of sp³-hybridized carbons (Fsp3) is 0.0417. The number of nitrogens with one attached hydrogen (secondary N) is 2. The number of benzene rings is 3. The van der Waals surface area contributed by atoms with Crippen LogP contribution in [0.1, 0.15) is 25.7 Å². The second kappa shape index (κ2) is 8.76. The van der Waals surface area contributed by atoms with E-state index in [1.165, 1.54) is 0 Å². The molecule has 158 valence electrons. The van der Waals surface area contributed by atoms with E-state index in [1.807, 2.05) is 72.8 Å². The quantitative estimate of drug-likeness (QED) is 0.188. The maximum atomic E-state index is 13.0. The van der Waals surface area contributed by atoms with Crippen molar-refractivity contribution in [2.75, 3.05) is 0 Å². The molecule has 0 saturated carbocycles. The number of aliphatic imine (C=N–C) groups is 1. The summed E-state index contributed by atoms with van der Waals surface area (Å²) in [5.41, 5.74) is 7.68. The standard InChI is InChI=1S/C24H17ClIN5O/c25-18-13-11-15(12-14-18)19-20-21(29-28-19)22(26)31(23(27-20)16-7-3-1-4-8-16)30-24(32)17-9-5-2-6-10-17/h1-14,22H,(H,28,29)(H,30,32). The summed E-state index contributed by atoms with van der Waals surface area (Å²) in [4.78, 5) is 17.9. The van der Waals surface area contributed by atoms with Gasteiger partial charge >= 0.3 is 0 Å². The number of rotatable bonds is 4. The van der Waals surface area contributed by atoms with Gasteiger partial charge in [0.2, 0.25) is 0 Å². The number of fused-ring (bicyclic) bond motifs is 1. The molecule has 0 saturated heterocycles. The van der Waals surface area contributed by atoms with Gasteiger partial charge in [-0.25, -0.2) is 10.0 Å². The molecule has 2 heterocycles. The van der Waals surface area contributed by atoms with Crippen LogP contribution in [0.3, 0.4) is 0 Å². The molecular weight excluding hydrogens is 537 g/mol. The molecule has 1 aromatic heterocycles. The molecule has 1 unspecified atom stereocenters.